The van der Waals surface area contributed by atoms with Crippen LogP contribution in [0.4, 0.5) is 0 Å². The van der Waals surface area contributed by atoms with E-state index in [1.807, 2.05) is 0 Å². The molecule has 0 amide bonds. The van der Waals surface area contributed by atoms with Gasteiger partial charge in [-0.1, -0.05) is 19.3 Å². The van der Waals surface area contributed by atoms with Gasteiger partial charge in [-0.2, -0.15) is 0 Å². The van der Waals surface area contributed by atoms with Crippen LogP contribution in [0.25, 0.3) is 0 Å². The van der Waals surface area contributed by atoms with Crippen LogP contribution in [-0.2, 0) is 9.53 Å². The predicted octanol–water partition coefficient (Wildman–Crippen LogP) is 1.74. The fourth-order valence-corrected chi connectivity index (χ4v) is 2.21. The zero-order valence-corrected chi connectivity index (χ0v) is 9.03. The summed E-state index contributed by atoms with van der Waals surface area (Å²) in [7, 11) is 1.37. The summed E-state index contributed by atoms with van der Waals surface area (Å²) in [6.07, 6.45) is 5.18. The van der Waals surface area contributed by atoms with Crippen molar-refractivity contribution in [3.8, 4) is 0 Å². The summed E-state index contributed by atoms with van der Waals surface area (Å²) in [5.74, 6) is -0.399. The molecule has 1 saturated carbocycles. The molecule has 0 aromatic rings. The third kappa shape index (κ3) is 2.71. The summed E-state index contributed by atoms with van der Waals surface area (Å²) in [6.45, 7) is 1.74. The number of hydrogen-bond donors (Lipinski definition) is 1. The van der Waals surface area contributed by atoms with Gasteiger partial charge in [0.15, 0.2) is 0 Å². The monoisotopic (exact) mass is 200 g/mol. The highest BCUT2D eigenvalue weighted by atomic mass is 16.5. The van der Waals surface area contributed by atoms with Crippen molar-refractivity contribution in [3.05, 3.63) is 0 Å². The molecule has 3 nitrogen and oxygen atoms in total. The molecular formula is C11H20O3. The Labute approximate surface area is 85.5 Å². The van der Waals surface area contributed by atoms with Crippen LogP contribution in [0.2, 0.25) is 0 Å². The largest absolute Gasteiger partial charge is 0.469 e. The number of esters is 1. The Balaban J connectivity index is 2.45. The fraction of sp³-hybridized carbons (Fsp3) is 0.909. The zero-order chi connectivity index (χ0) is 10.6. The van der Waals surface area contributed by atoms with Crippen molar-refractivity contribution in [2.75, 3.05) is 7.11 Å². The van der Waals surface area contributed by atoms with Crippen LogP contribution in [0.5, 0.6) is 0 Å². The summed E-state index contributed by atoms with van der Waals surface area (Å²) in [6, 6.07) is 0. The first-order valence-corrected chi connectivity index (χ1v) is 5.42. The Hall–Kier alpha value is -0.570. The van der Waals surface area contributed by atoms with Gasteiger partial charge in [0.2, 0.25) is 0 Å². The maximum Gasteiger partial charge on any atom is 0.311 e. The van der Waals surface area contributed by atoms with E-state index in [0.717, 1.165) is 12.8 Å². The van der Waals surface area contributed by atoms with E-state index in [1.54, 1.807) is 6.92 Å². The van der Waals surface area contributed by atoms with Crippen molar-refractivity contribution in [1.29, 1.82) is 0 Å². The lowest BCUT2D eigenvalue weighted by Crippen LogP contribution is -2.34. The summed E-state index contributed by atoms with van der Waals surface area (Å²) < 4.78 is 4.63. The van der Waals surface area contributed by atoms with E-state index in [1.165, 1.54) is 26.4 Å². The van der Waals surface area contributed by atoms with Crippen LogP contribution in [-0.4, -0.2) is 24.3 Å². The van der Waals surface area contributed by atoms with Gasteiger partial charge < -0.3 is 9.84 Å². The standard InChI is InChI=1S/C11H20O3/c1-8(11(13)14-2)10(12)9-6-4-3-5-7-9/h8-10,12H,3-7H2,1-2H3/t8-,10+/m1/s1. The highest BCUT2D eigenvalue weighted by Gasteiger charge is 2.30. The fourth-order valence-electron chi connectivity index (χ4n) is 2.21. The summed E-state index contributed by atoms with van der Waals surface area (Å²) in [4.78, 5) is 11.2. The van der Waals surface area contributed by atoms with Gasteiger partial charge in [0.25, 0.3) is 0 Å². The second kappa shape index (κ2) is 5.35. The van der Waals surface area contributed by atoms with Gasteiger partial charge in [0, 0.05) is 0 Å². The van der Waals surface area contributed by atoms with Crippen molar-refractivity contribution in [1.82, 2.24) is 0 Å². The van der Waals surface area contributed by atoms with Gasteiger partial charge >= 0.3 is 5.97 Å². The average molecular weight is 200 g/mol. The molecule has 0 aromatic carbocycles. The number of aliphatic hydroxyl groups is 1. The SMILES string of the molecule is COC(=O)[C@H](C)[C@H](O)C1CCCCC1. The number of ether oxygens (including phenoxy) is 1. The van der Waals surface area contributed by atoms with Gasteiger partial charge in [0.1, 0.15) is 0 Å². The van der Waals surface area contributed by atoms with Gasteiger partial charge in [-0.25, -0.2) is 0 Å². The normalized spacial score (nSPS) is 22.8. The number of carbonyl (C=O) groups excluding carboxylic acids is 1. The summed E-state index contributed by atoms with van der Waals surface area (Å²) in [5, 5.41) is 9.94. The van der Waals surface area contributed by atoms with Gasteiger partial charge in [-0.15, -0.1) is 0 Å². The third-order valence-electron chi connectivity index (χ3n) is 3.22. The van der Waals surface area contributed by atoms with Crippen molar-refractivity contribution in [2.45, 2.75) is 45.1 Å². The quantitative estimate of drug-likeness (QED) is 0.706. The first-order chi connectivity index (χ1) is 6.66. The van der Waals surface area contributed by atoms with E-state index in [2.05, 4.69) is 4.74 Å². The molecule has 0 spiro atoms. The molecule has 0 radical (unpaired) electrons. The molecule has 14 heavy (non-hydrogen) atoms. The molecule has 1 aliphatic carbocycles. The number of carbonyl (C=O) groups is 1. The second-order valence-corrected chi connectivity index (χ2v) is 4.20. The molecule has 0 bridgehead atoms. The molecule has 0 aliphatic heterocycles. The minimum Gasteiger partial charge on any atom is -0.469 e. The maximum absolute atomic E-state index is 11.2. The lowest BCUT2D eigenvalue weighted by molar-refractivity contribution is -0.150. The van der Waals surface area contributed by atoms with Gasteiger partial charge in [0.05, 0.1) is 19.1 Å². The van der Waals surface area contributed by atoms with Crippen LogP contribution in [0.15, 0.2) is 0 Å². The van der Waals surface area contributed by atoms with Crippen LogP contribution in [0.1, 0.15) is 39.0 Å². The molecule has 3 heteroatoms. The Kier molecular flexibility index (Phi) is 4.39. The third-order valence-corrected chi connectivity index (χ3v) is 3.22. The Morgan fingerprint density at radius 1 is 1.36 bits per heavy atom. The topological polar surface area (TPSA) is 46.5 Å². The molecule has 1 N–H and O–H groups in total. The molecule has 0 heterocycles. The van der Waals surface area contributed by atoms with Crippen molar-refractivity contribution >= 4 is 5.97 Å². The Bertz CT molecular complexity index is 185. The highest BCUT2D eigenvalue weighted by Crippen LogP contribution is 2.29. The smallest absolute Gasteiger partial charge is 0.311 e. The molecule has 2 atom stereocenters. The van der Waals surface area contributed by atoms with Crippen LogP contribution < -0.4 is 0 Å². The molecule has 0 unspecified atom stereocenters. The van der Waals surface area contributed by atoms with E-state index in [0.29, 0.717) is 0 Å². The number of hydrogen-bond acceptors (Lipinski definition) is 3. The van der Waals surface area contributed by atoms with Gasteiger partial charge in [-0.3, -0.25) is 4.79 Å². The molecule has 1 fully saturated rings. The molecule has 82 valence electrons. The zero-order valence-electron chi connectivity index (χ0n) is 9.03. The molecule has 1 rings (SSSR count). The van der Waals surface area contributed by atoms with Crippen LogP contribution >= 0.6 is 0 Å². The molecule has 0 saturated heterocycles. The van der Waals surface area contributed by atoms with Crippen molar-refractivity contribution in [2.24, 2.45) is 11.8 Å². The predicted molar refractivity (Wildman–Crippen MR) is 53.8 cm³/mol. The van der Waals surface area contributed by atoms with E-state index in [4.69, 9.17) is 0 Å². The van der Waals surface area contributed by atoms with Crippen LogP contribution in [0.3, 0.4) is 0 Å². The summed E-state index contributed by atoms with van der Waals surface area (Å²) in [5.41, 5.74) is 0. The van der Waals surface area contributed by atoms with Crippen LogP contribution in [0, 0.1) is 11.8 Å². The van der Waals surface area contributed by atoms with E-state index >= 15 is 0 Å². The highest BCUT2D eigenvalue weighted by molar-refractivity contribution is 5.72. The minimum atomic E-state index is -0.525. The lowest BCUT2D eigenvalue weighted by Gasteiger charge is -2.29. The van der Waals surface area contributed by atoms with E-state index in [-0.39, 0.29) is 17.8 Å². The number of methoxy groups -OCH3 is 1. The molecule has 0 aromatic heterocycles. The van der Waals surface area contributed by atoms with E-state index in [9.17, 15) is 9.90 Å². The van der Waals surface area contributed by atoms with Crippen molar-refractivity contribution < 1.29 is 14.6 Å². The lowest BCUT2D eigenvalue weighted by atomic mass is 9.81. The Morgan fingerprint density at radius 2 is 1.93 bits per heavy atom. The molecule has 1 aliphatic rings. The Morgan fingerprint density at radius 3 is 2.43 bits per heavy atom. The maximum atomic E-state index is 11.2. The van der Waals surface area contributed by atoms with Gasteiger partial charge in [-0.05, 0) is 25.7 Å². The number of rotatable bonds is 3. The van der Waals surface area contributed by atoms with E-state index < -0.39 is 6.10 Å². The first-order valence-electron chi connectivity index (χ1n) is 5.42. The molecular weight excluding hydrogens is 180 g/mol. The second-order valence-electron chi connectivity index (χ2n) is 4.20. The average Bonchev–Trinajstić information content (AvgIpc) is 2.27. The van der Waals surface area contributed by atoms with Crippen molar-refractivity contribution in [3.63, 3.8) is 0 Å². The number of aliphatic hydroxyl groups excluding tert-OH is 1. The first kappa shape index (κ1) is 11.5. The minimum absolute atomic E-state index is 0.290. The summed E-state index contributed by atoms with van der Waals surface area (Å²) >= 11 is 0.